The first-order chi connectivity index (χ1) is 13.8. The SMILES string of the molecule is CCOc1cc(/C=C(\C#N)C(=O)N[C@@H]2CCCC[C@@H]2C)cc(Br)c1OCC(N)=O. The Hall–Kier alpha value is -2.53. The smallest absolute Gasteiger partial charge is 0.262 e. The summed E-state index contributed by atoms with van der Waals surface area (Å²) >= 11 is 3.38. The first kappa shape index (κ1) is 22.8. The summed E-state index contributed by atoms with van der Waals surface area (Å²) < 4.78 is 11.5. The van der Waals surface area contributed by atoms with Crippen LogP contribution < -0.4 is 20.5 Å². The van der Waals surface area contributed by atoms with Crippen molar-refractivity contribution in [2.24, 2.45) is 11.7 Å². The number of rotatable bonds is 8. The maximum Gasteiger partial charge on any atom is 0.262 e. The van der Waals surface area contributed by atoms with Crippen molar-refractivity contribution in [3.8, 4) is 17.6 Å². The van der Waals surface area contributed by atoms with Crippen molar-refractivity contribution in [2.45, 2.75) is 45.6 Å². The van der Waals surface area contributed by atoms with Crippen LogP contribution in [0.15, 0.2) is 22.2 Å². The molecule has 0 aliphatic heterocycles. The average molecular weight is 464 g/mol. The van der Waals surface area contributed by atoms with E-state index in [4.69, 9.17) is 15.2 Å². The van der Waals surface area contributed by atoms with Gasteiger partial charge in [-0.25, -0.2) is 0 Å². The van der Waals surface area contributed by atoms with E-state index in [1.54, 1.807) is 12.1 Å². The van der Waals surface area contributed by atoms with Crippen molar-refractivity contribution in [1.29, 1.82) is 5.26 Å². The number of nitrogens with two attached hydrogens (primary N) is 1. The van der Waals surface area contributed by atoms with Gasteiger partial charge in [-0.2, -0.15) is 5.26 Å². The van der Waals surface area contributed by atoms with Crippen molar-refractivity contribution >= 4 is 33.8 Å². The molecule has 0 spiro atoms. The summed E-state index contributed by atoms with van der Waals surface area (Å²) in [5, 5.41) is 12.5. The number of nitriles is 1. The fourth-order valence-corrected chi connectivity index (χ4v) is 3.88. The minimum atomic E-state index is -0.608. The summed E-state index contributed by atoms with van der Waals surface area (Å²) in [7, 11) is 0. The minimum absolute atomic E-state index is 0.0166. The number of carbonyl (C=O) groups excluding carboxylic acids is 2. The number of nitrogens with zero attached hydrogens (tertiary/aromatic N) is 1. The van der Waals surface area contributed by atoms with E-state index < -0.39 is 5.91 Å². The Morgan fingerprint density at radius 1 is 1.34 bits per heavy atom. The highest BCUT2D eigenvalue weighted by Crippen LogP contribution is 2.37. The third-order valence-electron chi connectivity index (χ3n) is 4.79. The van der Waals surface area contributed by atoms with Crippen LogP contribution in [0.25, 0.3) is 6.08 Å². The minimum Gasteiger partial charge on any atom is -0.490 e. The van der Waals surface area contributed by atoms with Crippen LogP contribution >= 0.6 is 15.9 Å². The van der Waals surface area contributed by atoms with Crippen LogP contribution in [0.4, 0.5) is 0 Å². The fraction of sp³-hybridized carbons (Fsp3) is 0.476. The van der Waals surface area contributed by atoms with Crippen molar-refractivity contribution in [1.82, 2.24) is 5.32 Å². The Labute approximate surface area is 179 Å². The van der Waals surface area contributed by atoms with E-state index in [-0.39, 0.29) is 24.1 Å². The third-order valence-corrected chi connectivity index (χ3v) is 5.38. The molecule has 156 valence electrons. The van der Waals surface area contributed by atoms with Crippen LogP contribution in [0.1, 0.15) is 45.1 Å². The molecule has 0 bridgehead atoms. The van der Waals surface area contributed by atoms with E-state index in [0.717, 1.165) is 19.3 Å². The molecule has 1 aromatic rings. The molecular formula is C21H26BrN3O4. The zero-order valence-electron chi connectivity index (χ0n) is 16.7. The molecule has 1 fully saturated rings. The van der Waals surface area contributed by atoms with Gasteiger partial charge < -0.3 is 20.5 Å². The number of benzene rings is 1. The van der Waals surface area contributed by atoms with Crippen LogP contribution in [-0.4, -0.2) is 31.1 Å². The van der Waals surface area contributed by atoms with Crippen LogP contribution in [0.3, 0.4) is 0 Å². The van der Waals surface area contributed by atoms with Crippen LogP contribution in [0.5, 0.6) is 11.5 Å². The molecule has 2 atom stereocenters. The highest BCUT2D eigenvalue weighted by Gasteiger charge is 2.24. The monoisotopic (exact) mass is 463 g/mol. The first-order valence-corrected chi connectivity index (χ1v) is 10.4. The van der Waals surface area contributed by atoms with Gasteiger partial charge in [-0.05, 0) is 65.4 Å². The van der Waals surface area contributed by atoms with Gasteiger partial charge in [0.2, 0.25) is 0 Å². The standard InChI is InChI=1S/C21H26BrN3O4/c1-3-28-18-10-14(9-16(22)20(18)29-12-19(24)26)8-15(11-23)21(27)25-17-7-5-4-6-13(17)2/h8-10,13,17H,3-7,12H2,1-2H3,(H2,24,26)(H,25,27)/b15-8+/t13-,17+/m0/s1. The Bertz CT molecular complexity index is 832. The predicted molar refractivity (Wildman–Crippen MR) is 113 cm³/mol. The molecule has 8 heteroatoms. The van der Waals surface area contributed by atoms with Gasteiger partial charge in [0.15, 0.2) is 18.1 Å². The van der Waals surface area contributed by atoms with E-state index in [9.17, 15) is 14.9 Å². The van der Waals surface area contributed by atoms with Crippen molar-refractivity contribution in [2.75, 3.05) is 13.2 Å². The summed E-state index contributed by atoms with van der Waals surface area (Å²) in [5.74, 6) is 0.126. The average Bonchev–Trinajstić information content (AvgIpc) is 2.67. The van der Waals surface area contributed by atoms with Crippen molar-refractivity contribution in [3.63, 3.8) is 0 Å². The molecule has 7 nitrogen and oxygen atoms in total. The maximum absolute atomic E-state index is 12.6. The van der Waals surface area contributed by atoms with Crippen LogP contribution in [-0.2, 0) is 9.59 Å². The molecule has 1 aromatic carbocycles. The maximum atomic E-state index is 12.6. The Balaban J connectivity index is 2.26. The molecule has 3 N–H and O–H groups in total. The van der Waals surface area contributed by atoms with Gasteiger partial charge in [0.1, 0.15) is 11.6 Å². The number of halogens is 1. The lowest BCUT2D eigenvalue weighted by molar-refractivity contribution is -0.120. The lowest BCUT2D eigenvalue weighted by atomic mass is 9.86. The summed E-state index contributed by atoms with van der Waals surface area (Å²) in [6.45, 7) is 4.01. The summed E-state index contributed by atoms with van der Waals surface area (Å²) in [6, 6.07) is 5.41. The molecular weight excluding hydrogens is 438 g/mol. The van der Waals surface area contributed by atoms with Gasteiger partial charge in [-0.3, -0.25) is 9.59 Å². The fourth-order valence-electron chi connectivity index (χ4n) is 3.31. The molecule has 1 aliphatic rings. The van der Waals surface area contributed by atoms with Crippen molar-refractivity contribution in [3.05, 3.63) is 27.7 Å². The topological polar surface area (TPSA) is 114 Å². The van der Waals surface area contributed by atoms with E-state index in [0.29, 0.717) is 34.1 Å². The number of nitrogens with one attached hydrogen (secondary N) is 1. The second-order valence-electron chi connectivity index (χ2n) is 7.03. The highest BCUT2D eigenvalue weighted by atomic mass is 79.9. The predicted octanol–water partition coefficient (Wildman–Crippen LogP) is 3.31. The van der Waals surface area contributed by atoms with E-state index in [2.05, 4.69) is 28.2 Å². The lowest BCUT2D eigenvalue weighted by Gasteiger charge is -2.29. The zero-order chi connectivity index (χ0) is 21.4. The highest BCUT2D eigenvalue weighted by molar-refractivity contribution is 9.10. The number of primary amides is 1. The number of hydrogen-bond donors (Lipinski definition) is 2. The molecule has 0 unspecified atom stereocenters. The second-order valence-corrected chi connectivity index (χ2v) is 7.88. The van der Waals surface area contributed by atoms with Gasteiger partial charge in [0.05, 0.1) is 11.1 Å². The number of amides is 2. The van der Waals surface area contributed by atoms with Gasteiger partial charge in [0, 0.05) is 6.04 Å². The summed E-state index contributed by atoms with van der Waals surface area (Å²) in [5.41, 5.74) is 5.75. The number of ether oxygens (including phenoxy) is 2. The van der Waals surface area contributed by atoms with E-state index >= 15 is 0 Å². The largest absolute Gasteiger partial charge is 0.490 e. The van der Waals surface area contributed by atoms with E-state index in [1.165, 1.54) is 12.5 Å². The van der Waals surface area contributed by atoms with Gasteiger partial charge in [-0.15, -0.1) is 0 Å². The second kappa shape index (κ2) is 10.9. The molecule has 29 heavy (non-hydrogen) atoms. The Morgan fingerprint density at radius 3 is 2.69 bits per heavy atom. The first-order valence-electron chi connectivity index (χ1n) is 9.65. The third kappa shape index (κ3) is 6.50. The molecule has 0 radical (unpaired) electrons. The van der Waals surface area contributed by atoms with Crippen LogP contribution in [0, 0.1) is 17.2 Å². The van der Waals surface area contributed by atoms with E-state index in [1.807, 2.05) is 13.0 Å². The molecule has 2 amide bonds. The lowest BCUT2D eigenvalue weighted by Crippen LogP contribution is -2.41. The normalized spacial score (nSPS) is 19.2. The quantitative estimate of drug-likeness (QED) is 0.453. The zero-order valence-corrected chi connectivity index (χ0v) is 18.3. The Morgan fingerprint density at radius 2 is 2.07 bits per heavy atom. The molecule has 2 rings (SSSR count). The molecule has 0 heterocycles. The van der Waals surface area contributed by atoms with Gasteiger partial charge in [-0.1, -0.05) is 19.8 Å². The van der Waals surface area contributed by atoms with Gasteiger partial charge >= 0.3 is 0 Å². The number of hydrogen-bond acceptors (Lipinski definition) is 5. The molecule has 1 aliphatic carbocycles. The molecule has 1 saturated carbocycles. The Kier molecular flexibility index (Phi) is 8.52. The van der Waals surface area contributed by atoms with Gasteiger partial charge in [0.25, 0.3) is 11.8 Å². The number of carbonyl (C=O) groups is 2. The summed E-state index contributed by atoms with van der Waals surface area (Å²) in [6.07, 6.45) is 5.77. The molecule has 0 saturated heterocycles. The molecule has 0 aromatic heterocycles. The van der Waals surface area contributed by atoms with Crippen molar-refractivity contribution < 1.29 is 19.1 Å². The van der Waals surface area contributed by atoms with Crippen LogP contribution in [0.2, 0.25) is 0 Å². The summed E-state index contributed by atoms with van der Waals surface area (Å²) in [4.78, 5) is 23.6.